The highest BCUT2D eigenvalue weighted by atomic mass is 15.0. The van der Waals surface area contributed by atoms with Crippen molar-refractivity contribution >= 4 is 120 Å². The van der Waals surface area contributed by atoms with Gasteiger partial charge in [0.05, 0.1) is 44.1 Å². The Hall–Kier alpha value is -7.82. The smallest absolute Gasteiger partial charge is 0.0634 e. The summed E-state index contributed by atoms with van der Waals surface area (Å²) >= 11 is 0. The van der Waals surface area contributed by atoms with Crippen molar-refractivity contribution in [1.29, 1.82) is 0 Å². The molecule has 2 atom stereocenters. The lowest BCUT2D eigenvalue weighted by atomic mass is 9.89. The van der Waals surface area contributed by atoms with Crippen molar-refractivity contribution in [1.82, 2.24) is 17.9 Å². The van der Waals surface area contributed by atoms with Crippen LogP contribution in [0.25, 0.3) is 142 Å². The van der Waals surface area contributed by atoms with Gasteiger partial charge in [0.2, 0.25) is 0 Å². The molecule has 0 N–H and O–H groups in total. The molecular formula is C62H46N4. The quantitative estimate of drug-likeness (QED) is 0.159. The maximum atomic E-state index is 2.67. The van der Waals surface area contributed by atoms with E-state index in [2.05, 4.69) is 215 Å². The van der Waals surface area contributed by atoms with Gasteiger partial charge in [0.1, 0.15) is 0 Å². The highest BCUT2D eigenvalue weighted by molar-refractivity contribution is 6.40. The van der Waals surface area contributed by atoms with E-state index in [4.69, 9.17) is 0 Å². The second kappa shape index (κ2) is 12.9. The first-order valence-corrected chi connectivity index (χ1v) is 23.9. The largest absolute Gasteiger partial charge is 0.337 e. The van der Waals surface area contributed by atoms with E-state index in [1.165, 1.54) is 142 Å². The summed E-state index contributed by atoms with van der Waals surface area (Å²) in [4.78, 5) is 0. The Morgan fingerprint density at radius 2 is 0.667 bits per heavy atom. The van der Waals surface area contributed by atoms with E-state index in [0.717, 1.165) is 12.8 Å². The summed E-state index contributed by atoms with van der Waals surface area (Å²) in [6.45, 7) is 9.40. The van der Waals surface area contributed by atoms with E-state index in [-0.39, 0.29) is 0 Å². The van der Waals surface area contributed by atoms with Crippen molar-refractivity contribution in [2.75, 3.05) is 0 Å². The van der Waals surface area contributed by atoms with Crippen LogP contribution in [0.4, 0.5) is 0 Å². The molecule has 0 fully saturated rings. The number of hydrogen-bond acceptors (Lipinski definition) is 0. The van der Waals surface area contributed by atoms with E-state index in [1.54, 1.807) is 0 Å². The van der Waals surface area contributed by atoms with E-state index in [1.807, 2.05) is 0 Å². The second-order valence-corrected chi connectivity index (χ2v) is 19.0. The van der Waals surface area contributed by atoms with Crippen LogP contribution in [0.5, 0.6) is 0 Å². The topological polar surface area (TPSA) is 18.7 Å². The van der Waals surface area contributed by atoms with Crippen LogP contribution < -0.4 is 0 Å². The Morgan fingerprint density at radius 1 is 0.303 bits per heavy atom. The lowest BCUT2D eigenvalue weighted by Gasteiger charge is -2.17. The van der Waals surface area contributed by atoms with E-state index >= 15 is 0 Å². The number of aromatic nitrogens is 4. The first-order chi connectivity index (χ1) is 32.6. The molecule has 9 aromatic carbocycles. The monoisotopic (exact) mass is 846 g/mol. The van der Waals surface area contributed by atoms with Gasteiger partial charge in [0, 0.05) is 98.9 Å². The maximum absolute atomic E-state index is 2.67. The van der Waals surface area contributed by atoms with E-state index in [9.17, 15) is 0 Å². The number of nitrogens with zero attached hydrogens (tertiary/aromatic N) is 4. The molecule has 6 aromatic heterocycles. The molecule has 0 spiro atoms. The fourth-order valence-corrected chi connectivity index (χ4v) is 12.9. The number of para-hydroxylation sites is 4. The summed E-state index contributed by atoms with van der Waals surface area (Å²) in [5, 5.41) is 15.8. The predicted molar refractivity (Wildman–Crippen MR) is 283 cm³/mol. The molecule has 0 radical (unpaired) electrons. The molecule has 15 rings (SSSR count). The molecule has 0 saturated carbocycles. The van der Waals surface area contributed by atoms with Crippen LogP contribution in [0.15, 0.2) is 170 Å². The van der Waals surface area contributed by atoms with Gasteiger partial charge in [-0.25, -0.2) is 0 Å². The molecule has 4 heteroatoms. The second-order valence-electron chi connectivity index (χ2n) is 19.0. The minimum absolute atomic E-state index is 0.334. The lowest BCUT2D eigenvalue weighted by molar-refractivity contribution is 0.564. The molecule has 4 nitrogen and oxygen atoms in total. The molecule has 15 aromatic rings. The predicted octanol–water partition coefficient (Wildman–Crippen LogP) is 17.5. The molecule has 314 valence electrons. The molecule has 0 aliphatic carbocycles. The zero-order valence-electron chi connectivity index (χ0n) is 37.5. The Morgan fingerprint density at radius 3 is 1.08 bits per heavy atom. The number of fused-ring (bicyclic) bond motifs is 20. The summed E-state index contributed by atoms with van der Waals surface area (Å²) in [6.07, 6.45) is 2.10. The minimum Gasteiger partial charge on any atom is -0.337 e. The molecule has 0 bridgehead atoms. The molecular weight excluding hydrogens is 801 g/mol. The van der Waals surface area contributed by atoms with Gasteiger partial charge in [0.15, 0.2) is 0 Å². The maximum Gasteiger partial charge on any atom is 0.0634 e. The van der Waals surface area contributed by atoms with Gasteiger partial charge in [-0.2, -0.15) is 0 Å². The molecule has 0 amide bonds. The summed E-state index contributed by atoms with van der Waals surface area (Å²) in [5.74, 6) is 0. The molecule has 66 heavy (non-hydrogen) atoms. The fraction of sp³-hybridized carbons (Fsp3) is 0.129. The Bertz CT molecular complexity index is 4210. The van der Waals surface area contributed by atoms with Crippen LogP contribution in [-0.4, -0.2) is 17.9 Å². The zero-order valence-corrected chi connectivity index (χ0v) is 37.5. The minimum atomic E-state index is 0.334. The third kappa shape index (κ3) is 4.27. The van der Waals surface area contributed by atoms with Crippen molar-refractivity contribution in [2.24, 2.45) is 0 Å². The van der Waals surface area contributed by atoms with Crippen LogP contribution in [0.2, 0.25) is 0 Å². The highest BCUT2D eigenvalue weighted by Crippen LogP contribution is 2.55. The van der Waals surface area contributed by atoms with Crippen molar-refractivity contribution in [3.05, 3.63) is 170 Å². The normalized spacial score (nSPS) is 13.8. The molecule has 0 aliphatic rings. The summed E-state index contributed by atoms with van der Waals surface area (Å²) < 4.78 is 10.6. The van der Waals surface area contributed by atoms with Crippen molar-refractivity contribution in [3.8, 4) is 22.3 Å². The molecule has 0 aliphatic heterocycles. The van der Waals surface area contributed by atoms with Gasteiger partial charge in [0.25, 0.3) is 0 Å². The first-order valence-electron chi connectivity index (χ1n) is 23.9. The summed E-state index contributed by atoms with van der Waals surface area (Å²) in [6, 6.07) is 65.1. The molecule has 2 unspecified atom stereocenters. The SMILES string of the molecule is CCC(C)n1c2ccccc2c2ccc3c(c4cccc5c6c(-c7ccccc7)c7c(c(-c8ccccc8)c6n3c54)c3cccc4c5c6c(ccc5n7c34)c3ccccc3n6C(C)CC)c21. The number of rotatable bonds is 6. The van der Waals surface area contributed by atoms with Gasteiger partial charge in [-0.15, -0.1) is 0 Å². The number of hydrogen-bond donors (Lipinski definition) is 0. The summed E-state index contributed by atoms with van der Waals surface area (Å²) in [7, 11) is 0. The van der Waals surface area contributed by atoms with Crippen LogP contribution in [0.1, 0.15) is 52.6 Å². The summed E-state index contributed by atoms with van der Waals surface area (Å²) in [5.41, 5.74) is 18.0. The van der Waals surface area contributed by atoms with E-state index in [0.29, 0.717) is 12.1 Å². The van der Waals surface area contributed by atoms with Crippen molar-refractivity contribution in [3.63, 3.8) is 0 Å². The van der Waals surface area contributed by atoms with Crippen molar-refractivity contribution in [2.45, 2.75) is 52.6 Å². The molecule has 6 heterocycles. The average Bonchev–Trinajstić information content (AvgIpc) is 4.21. The van der Waals surface area contributed by atoms with E-state index < -0.39 is 0 Å². The van der Waals surface area contributed by atoms with Crippen LogP contribution >= 0.6 is 0 Å². The first kappa shape index (κ1) is 36.5. The van der Waals surface area contributed by atoms with Crippen LogP contribution in [0, 0.1) is 0 Å². The zero-order chi connectivity index (χ0) is 43.7. The Balaban J connectivity index is 1.24. The average molecular weight is 847 g/mol. The van der Waals surface area contributed by atoms with Gasteiger partial charge in [-0.1, -0.05) is 159 Å². The van der Waals surface area contributed by atoms with Crippen molar-refractivity contribution < 1.29 is 0 Å². The van der Waals surface area contributed by atoms with Gasteiger partial charge < -0.3 is 17.9 Å². The third-order valence-corrected chi connectivity index (χ3v) is 15.9. The standard InChI is InChI=1S/C62H46N4/c1-5-35(3)63-47-29-15-13-23-39(47)41-31-33-49-53(59(41)63)43-25-17-27-45-55-52(38-21-11-8-12-22-38)62-56(51(37-19-9-7-10-20-37)61(55)65(49)57(43)45)46-28-18-26-44-54-50(66(62)58(44)46)34-32-42-40-24-14-16-30-48(40)64(60(42)54)36(4)6-2/h7-36H,5-6H2,1-4H3. The van der Waals surface area contributed by atoms with Crippen LogP contribution in [0.3, 0.4) is 0 Å². The van der Waals surface area contributed by atoms with Gasteiger partial charge in [-0.05, 0) is 62.1 Å². The highest BCUT2D eigenvalue weighted by Gasteiger charge is 2.32. The lowest BCUT2D eigenvalue weighted by Crippen LogP contribution is -2.03. The Kier molecular flexibility index (Phi) is 7.15. The van der Waals surface area contributed by atoms with Gasteiger partial charge in [-0.3, -0.25) is 0 Å². The third-order valence-electron chi connectivity index (χ3n) is 15.9. The van der Waals surface area contributed by atoms with Gasteiger partial charge >= 0.3 is 0 Å². The fourth-order valence-electron chi connectivity index (χ4n) is 12.9. The Labute approximate surface area is 380 Å². The number of benzene rings is 9. The molecule has 0 saturated heterocycles. The van der Waals surface area contributed by atoms with Crippen LogP contribution in [-0.2, 0) is 0 Å².